The highest BCUT2D eigenvalue weighted by Gasteiger charge is 2.20. The third kappa shape index (κ3) is 4.13. The van der Waals surface area contributed by atoms with Gasteiger partial charge in [-0.25, -0.2) is 4.79 Å². The molecule has 0 aromatic heterocycles. The van der Waals surface area contributed by atoms with Crippen LogP contribution in [0.4, 0.5) is 0 Å². The maximum atomic E-state index is 11.3. The molecule has 2 aromatic carbocycles. The fraction of sp³-hybridized carbons (Fsp3) is 0.188. The van der Waals surface area contributed by atoms with Crippen LogP contribution in [0, 0.1) is 0 Å². The van der Waals surface area contributed by atoms with Crippen LogP contribution in [0.1, 0.15) is 5.56 Å². The van der Waals surface area contributed by atoms with E-state index in [4.69, 9.17) is 21.1 Å². The lowest BCUT2D eigenvalue weighted by Gasteiger charge is -2.15. The maximum absolute atomic E-state index is 11.3. The standard InChI is InChI=1S/C16H15ClO4/c1-20-14-8-7-11(9-13(14)17)10-15(16(18)19)21-12-5-3-2-4-6-12/h2-9,15H,10H2,1H3,(H,18,19)/t15-/m0/s1. The summed E-state index contributed by atoms with van der Waals surface area (Å²) in [4.78, 5) is 11.3. The van der Waals surface area contributed by atoms with Crippen LogP contribution in [0.25, 0.3) is 0 Å². The summed E-state index contributed by atoms with van der Waals surface area (Å²) >= 11 is 6.04. The number of carboxylic acid groups (broad SMARTS) is 1. The van der Waals surface area contributed by atoms with Crippen molar-refractivity contribution in [1.29, 1.82) is 0 Å². The molecule has 0 saturated heterocycles. The van der Waals surface area contributed by atoms with Crippen LogP contribution >= 0.6 is 11.6 Å². The van der Waals surface area contributed by atoms with Gasteiger partial charge in [0.05, 0.1) is 12.1 Å². The van der Waals surface area contributed by atoms with Gasteiger partial charge in [0, 0.05) is 6.42 Å². The lowest BCUT2D eigenvalue weighted by molar-refractivity contribution is -0.145. The summed E-state index contributed by atoms with van der Waals surface area (Å²) in [5.74, 6) is 0.0478. The molecule has 0 unspecified atom stereocenters. The molecule has 0 spiro atoms. The number of ether oxygens (including phenoxy) is 2. The van der Waals surface area contributed by atoms with E-state index in [1.165, 1.54) is 7.11 Å². The molecular weight excluding hydrogens is 292 g/mol. The van der Waals surface area contributed by atoms with E-state index in [-0.39, 0.29) is 6.42 Å². The molecule has 1 N–H and O–H groups in total. The summed E-state index contributed by atoms with van der Waals surface area (Å²) in [5.41, 5.74) is 0.768. The molecule has 0 radical (unpaired) electrons. The molecule has 0 bridgehead atoms. The summed E-state index contributed by atoms with van der Waals surface area (Å²) < 4.78 is 10.6. The number of hydrogen-bond donors (Lipinski definition) is 1. The number of halogens is 1. The van der Waals surface area contributed by atoms with Crippen molar-refractivity contribution in [3.63, 3.8) is 0 Å². The van der Waals surface area contributed by atoms with E-state index in [9.17, 15) is 9.90 Å². The van der Waals surface area contributed by atoms with Gasteiger partial charge in [-0.3, -0.25) is 0 Å². The highest BCUT2D eigenvalue weighted by atomic mass is 35.5. The van der Waals surface area contributed by atoms with Crippen molar-refractivity contribution in [2.45, 2.75) is 12.5 Å². The first-order valence-corrected chi connectivity index (χ1v) is 6.75. The first-order chi connectivity index (χ1) is 10.1. The first kappa shape index (κ1) is 15.2. The van der Waals surface area contributed by atoms with Crippen LogP contribution < -0.4 is 9.47 Å². The van der Waals surface area contributed by atoms with Gasteiger partial charge in [0.1, 0.15) is 11.5 Å². The lowest BCUT2D eigenvalue weighted by Crippen LogP contribution is -2.29. The Morgan fingerprint density at radius 2 is 1.95 bits per heavy atom. The molecule has 0 fully saturated rings. The predicted molar refractivity (Wildman–Crippen MR) is 80.2 cm³/mol. The molecule has 5 heteroatoms. The minimum atomic E-state index is -1.02. The number of benzene rings is 2. The molecule has 0 aliphatic carbocycles. The van der Waals surface area contributed by atoms with Crippen molar-refractivity contribution in [3.8, 4) is 11.5 Å². The Hall–Kier alpha value is -2.20. The van der Waals surface area contributed by atoms with Gasteiger partial charge in [0.25, 0.3) is 0 Å². The Kier molecular flexibility index (Phi) is 5.06. The number of aliphatic carboxylic acids is 1. The average Bonchev–Trinajstić information content (AvgIpc) is 2.48. The van der Waals surface area contributed by atoms with Crippen molar-refractivity contribution >= 4 is 17.6 Å². The Balaban J connectivity index is 2.13. The minimum Gasteiger partial charge on any atom is -0.495 e. The Morgan fingerprint density at radius 1 is 1.24 bits per heavy atom. The number of para-hydroxylation sites is 1. The molecule has 2 aromatic rings. The predicted octanol–water partition coefficient (Wildman–Crippen LogP) is 3.42. The Bertz CT molecular complexity index is 613. The van der Waals surface area contributed by atoms with Gasteiger partial charge in [-0.2, -0.15) is 0 Å². The van der Waals surface area contributed by atoms with Gasteiger partial charge < -0.3 is 14.6 Å². The Morgan fingerprint density at radius 3 is 2.52 bits per heavy atom. The van der Waals surface area contributed by atoms with Crippen molar-refractivity contribution in [1.82, 2.24) is 0 Å². The van der Waals surface area contributed by atoms with Crippen LogP contribution in [0.5, 0.6) is 11.5 Å². The average molecular weight is 307 g/mol. The van der Waals surface area contributed by atoms with E-state index < -0.39 is 12.1 Å². The first-order valence-electron chi connectivity index (χ1n) is 6.37. The van der Waals surface area contributed by atoms with Gasteiger partial charge in [-0.15, -0.1) is 0 Å². The topological polar surface area (TPSA) is 55.8 Å². The zero-order valence-electron chi connectivity index (χ0n) is 11.5. The molecule has 0 aliphatic heterocycles. The van der Waals surface area contributed by atoms with Crippen LogP contribution in [0.2, 0.25) is 5.02 Å². The van der Waals surface area contributed by atoms with E-state index in [0.717, 1.165) is 5.56 Å². The summed E-state index contributed by atoms with van der Waals surface area (Å²) in [6.45, 7) is 0. The summed E-state index contributed by atoms with van der Waals surface area (Å²) in [6.07, 6.45) is -0.759. The number of hydrogen-bond acceptors (Lipinski definition) is 3. The van der Waals surface area contributed by atoms with Gasteiger partial charge in [-0.1, -0.05) is 35.9 Å². The van der Waals surface area contributed by atoms with E-state index in [2.05, 4.69) is 0 Å². The quantitative estimate of drug-likeness (QED) is 0.888. The van der Waals surface area contributed by atoms with Crippen molar-refractivity contribution in [3.05, 3.63) is 59.1 Å². The van der Waals surface area contributed by atoms with Gasteiger partial charge in [0.15, 0.2) is 6.10 Å². The molecule has 21 heavy (non-hydrogen) atoms. The second kappa shape index (κ2) is 6.99. The lowest BCUT2D eigenvalue weighted by atomic mass is 10.1. The van der Waals surface area contributed by atoms with Gasteiger partial charge in [-0.05, 0) is 29.8 Å². The largest absolute Gasteiger partial charge is 0.495 e. The molecule has 0 saturated carbocycles. The van der Waals surface area contributed by atoms with E-state index in [1.54, 1.807) is 42.5 Å². The number of methoxy groups -OCH3 is 1. The van der Waals surface area contributed by atoms with E-state index in [0.29, 0.717) is 16.5 Å². The smallest absolute Gasteiger partial charge is 0.345 e. The molecular formula is C16H15ClO4. The third-order valence-electron chi connectivity index (χ3n) is 2.93. The normalized spacial score (nSPS) is 11.7. The second-order valence-electron chi connectivity index (χ2n) is 4.43. The minimum absolute atomic E-state index is 0.216. The SMILES string of the molecule is COc1ccc(C[C@H](Oc2ccccc2)C(=O)O)cc1Cl. The third-order valence-corrected chi connectivity index (χ3v) is 3.23. The number of rotatable bonds is 6. The summed E-state index contributed by atoms with van der Waals surface area (Å²) in [6, 6.07) is 14.0. The fourth-order valence-electron chi connectivity index (χ4n) is 1.89. The number of carbonyl (C=O) groups is 1. The molecule has 0 aliphatic rings. The van der Waals surface area contributed by atoms with Crippen LogP contribution in [-0.4, -0.2) is 24.3 Å². The van der Waals surface area contributed by atoms with Crippen LogP contribution in [0.3, 0.4) is 0 Å². The zero-order valence-corrected chi connectivity index (χ0v) is 12.2. The molecule has 0 amide bonds. The summed E-state index contributed by atoms with van der Waals surface area (Å²) in [5, 5.41) is 9.73. The van der Waals surface area contributed by atoms with E-state index in [1.807, 2.05) is 6.07 Å². The van der Waals surface area contributed by atoms with Crippen LogP contribution in [-0.2, 0) is 11.2 Å². The fourth-order valence-corrected chi connectivity index (χ4v) is 2.17. The van der Waals surface area contributed by atoms with Gasteiger partial charge in [0.2, 0.25) is 0 Å². The Labute approximate surface area is 127 Å². The highest BCUT2D eigenvalue weighted by molar-refractivity contribution is 6.32. The summed E-state index contributed by atoms with van der Waals surface area (Å²) in [7, 11) is 1.53. The van der Waals surface area contributed by atoms with Crippen molar-refractivity contribution in [2.24, 2.45) is 0 Å². The second-order valence-corrected chi connectivity index (χ2v) is 4.84. The van der Waals surface area contributed by atoms with Crippen molar-refractivity contribution < 1.29 is 19.4 Å². The van der Waals surface area contributed by atoms with Gasteiger partial charge >= 0.3 is 5.97 Å². The maximum Gasteiger partial charge on any atom is 0.345 e. The molecule has 110 valence electrons. The molecule has 2 rings (SSSR count). The van der Waals surface area contributed by atoms with Crippen LogP contribution in [0.15, 0.2) is 48.5 Å². The zero-order chi connectivity index (χ0) is 15.2. The molecule has 1 atom stereocenters. The molecule has 4 nitrogen and oxygen atoms in total. The highest BCUT2D eigenvalue weighted by Crippen LogP contribution is 2.26. The monoisotopic (exact) mass is 306 g/mol. The van der Waals surface area contributed by atoms with Crippen molar-refractivity contribution in [2.75, 3.05) is 7.11 Å². The van der Waals surface area contributed by atoms with E-state index >= 15 is 0 Å². The molecule has 0 heterocycles. The number of carboxylic acids is 1.